The second-order valence-corrected chi connectivity index (χ2v) is 3.66. The summed E-state index contributed by atoms with van der Waals surface area (Å²) >= 11 is 0. The van der Waals surface area contributed by atoms with Crippen LogP contribution in [0.2, 0.25) is 0 Å². The number of aryl methyl sites for hydroxylation is 2. The highest BCUT2D eigenvalue weighted by Gasteiger charge is 2.21. The molecule has 2 aromatic heterocycles. The predicted molar refractivity (Wildman–Crippen MR) is 59.0 cm³/mol. The van der Waals surface area contributed by atoms with Crippen LogP contribution in [0.25, 0.3) is 5.78 Å². The van der Waals surface area contributed by atoms with Gasteiger partial charge in [0.2, 0.25) is 0 Å². The quantitative estimate of drug-likeness (QED) is 0.621. The minimum Gasteiger partial charge on any atom is -0.275 e. The lowest BCUT2D eigenvalue weighted by Crippen LogP contribution is -2.20. The minimum atomic E-state index is -0.729. The van der Waals surface area contributed by atoms with Crippen LogP contribution in [0.4, 0.5) is 5.69 Å². The molecular formula is C9H11N5O3. The van der Waals surface area contributed by atoms with Crippen LogP contribution in [0.5, 0.6) is 0 Å². The third-order valence-corrected chi connectivity index (χ3v) is 2.36. The molecule has 90 valence electrons. The molecule has 0 saturated carbocycles. The van der Waals surface area contributed by atoms with Crippen molar-refractivity contribution in [3.05, 3.63) is 32.0 Å². The molecule has 0 unspecified atom stereocenters. The Labute approximate surface area is 95.5 Å². The van der Waals surface area contributed by atoms with Crippen LogP contribution < -0.4 is 5.56 Å². The number of nitro groups is 1. The van der Waals surface area contributed by atoms with E-state index in [1.807, 2.05) is 6.92 Å². The second-order valence-electron chi connectivity index (χ2n) is 3.66. The molecule has 2 aromatic rings. The number of nitrogens with zero attached hydrogens (tertiary/aromatic N) is 4. The predicted octanol–water partition coefficient (Wildman–Crippen LogP) is 0.587. The van der Waals surface area contributed by atoms with Crippen molar-refractivity contribution in [2.24, 2.45) is 0 Å². The first-order valence-electron chi connectivity index (χ1n) is 5.17. The van der Waals surface area contributed by atoms with E-state index in [0.717, 1.165) is 10.9 Å². The number of hydrogen-bond acceptors (Lipinski definition) is 5. The fourth-order valence-electron chi connectivity index (χ4n) is 1.61. The first kappa shape index (κ1) is 11.2. The van der Waals surface area contributed by atoms with Gasteiger partial charge in [-0.05, 0) is 13.3 Å². The smallest absolute Gasteiger partial charge is 0.275 e. The molecule has 0 fully saturated rings. The fourth-order valence-corrected chi connectivity index (χ4v) is 1.61. The van der Waals surface area contributed by atoms with Crippen molar-refractivity contribution in [1.82, 2.24) is 19.6 Å². The zero-order chi connectivity index (χ0) is 12.6. The first-order valence-corrected chi connectivity index (χ1v) is 5.17. The normalized spacial score (nSPS) is 10.9. The van der Waals surface area contributed by atoms with Crippen LogP contribution in [0.1, 0.15) is 24.9 Å². The van der Waals surface area contributed by atoms with Crippen LogP contribution in [0.15, 0.2) is 4.79 Å². The van der Waals surface area contributed by atoms with Gasteiger partial charge in [-0.15, -0.1) is 0 Å². The topological polar surface area (TPSA) is 106 Å². The molecule has 0 aliphatic rings. The average molecular weight is 237 g/mol. The Morgan fingerprint density at radius 3 is 2.76 bits per heavy atom. The van der Waals surface area contributed by atoms with Gasteiger partial charge in [0, 0.05) is 6.42 Å². The van der Waals surface area contributed by atoms with Crippen LogP contribution >= 0.6 is 0 Å². The van der Waals surface area contributed by atoms with Crippen LogP contribution in [-0.2, 0) is 6.42 Å². The van der Waals surface area contributed by atoms with Crippen molar-refractivity contribution in [3.8, 4) is 0 Å². The Hall–Kier alpha value is -2.25. The maximum Gasteiger partial charge on any atom is 0.357 e. The molecule has 0 radical (unpaired) electrons. The van der Waals surface area contributed by atoms with E-state index in [0.29, 0.717) is 12.2 Å². The molecule has 17 heavy (non-hydrogen) atoms. The van der Waals surface area contributed by atoms with Gasteiger partial charge in [-0.1, -0.05) is 6.92 Å². The first-order chi connectivity index (χ1) is 8.04. The Balaban J connectivity index is 2.74. The van der Waals surface area contributed by atoms with E-state index < -0.39 is 16.2 Å². The summed E-state index contributed by atoms with van der Waals surface area (Å²) in [5.41, 5.74) is -1.17. The molecule has 0 saturated heterocycles. The number of aromatic amines is 1. The van der Waals surface area contributed by atoms with E-state index in [1.54, 1.807) is 0 Å². The van der Waals surface area contributed by atoms with Crippen LogP contribution in [-0.4, -0.2) is 24.5 Å². The summed E-state index contributed by atoms with van der Waals surface area (Å²) in [5.74, 6) is 0.763. The number of hydrogen-bond donors (Lipinski definition) is 1. The van der Waals surface area contributed by atoms with Gasteiger partial charge >= 0.3 is 11.2 Å². The largest absolute Gasteiger partial charge is 0.357 e. The van der Waals surface area contributed by atoms with Crippen molar-refractivity contribution in [3.63, 3.8) is 0 Å². The maximum absolute atomic E-state index is 11.8. The molecular weight excluding hydrogens is 226 g/mol. The molecule has 8 heteroatoms. The summed E-state index contributed by atoms with van der Waals surface area (Å²) in [4.78, 5) is 29.9. The summed E-state index contributed by atoms with van der Waals surface area (Å²) in [6.45, 7) is 3.39. The van der Waals surface area contributed by atoms with Crippen LogP contribution in [0, 0.1) is 17.0 Å². The van der Waals surface area contributed by atoms with Gasteiger partial charge in [0.15, 0.2) is 0 Å². The summed E-state index contributed by atoms with van der Waals surface area (Å²) in [6.07, 6.45) is 1.52. The second kappa shape index (κ2) is 3.96. The zero-order valence-electron chi connectivity index (χ0n) is 9.43. The van der Waals surface area contributed by atoms with Gasteiger partial charge in [-0.3, -0.25) is 20.0 Å². The number of nitrogens with one attached hydrogen (secondary N) is 1. The lowest BCUT2D eigenvalue weighted by Gasteiger charge is -1.95. The molecule has 0 bridgehead atoms. The highest BCUT2D eigenvalue weighted by Crippen LogP contribution is 2.10. The van der Waals surface area contributed by atoms with Gasteiger partial charge in [0.25, 0.3) is 5.78 Å². The Kier molecular flexibility index (Phi) is 2.62. The Morgan fingerprint density at radius 2 is 2.18 bits per heavy atom. The molecule has 0 aromatic carbocycles. The van der Waals surface area contributed by atoms with Crippen molar-refractivity contribution in [2.75, 3.05) is 0 Å². The molecule has 0 aliphatic heterocycles. The highest BCUT2D eigenvalue weighted by molar-refractivity contribution is 5.39. The average Bonchev–Trinajstić information content (AvgIpc) is 2.60. The van der Waals surface area contributed by atoms with Crippen molar-refractivity contribution in [1.29, 1.82) is 0 Å². The highest BCUT2D eigenvalue weighted by atomic mass is 16.6. The van der Waals surface area contributed by atoms with Gasteiger partial charge in [-0.2, -0.15) is 9.50 Å². The summed E-state index contributed by atoms with van der Waals surface area (Å²) < 4.78 is 1.01. The number of aromatic nitrogens is 4. The van der Waals surface area contributed by atoms with Gasteiger partial charge in [-0.25, -0.2) is 4.98 Å². The van der Waals surface area contributed by atoms with E-state index >= 15 is 0 Å². The van der Waals surface area contributed by atoms with Gasteiger partial charge in [0.1, 0.15) is 11.5 Å². The number of fused-ring (bicyclic) bond motifs is 1. The van der Waals surface area contributed by atoms with E-state index in [4.69, 9.17) is 0 Å². The van der Waals surface area contributed by atoms with Crippen molar-refractivity contribution in [2.45, 2.75) is 26.7 Å². The van der Waals surface area contributed by atoms with E-state index in [2.05, 4.69) is 15.1 Å². The summed E-state index contributed by atoms with van der Waals surface area (Å²) in [7, 11) is 0. The van der Waals surface area contributed by atoms with E-state index in [1.165, 1.54) is 6.92 Å². The van der Waals surface area contributed by atoms with Gasteiger partial charge < -0.3 is 0 Å². The molecule has 0 spiro atoms. The third kappa shape index (κ3) is 1.77. The fraction of sp³-hybridized carbons (Fsp3) is 0.444. The molecule has 1 N–H and O–H groups in total. The third-order valence-electron chi connectivity index (χ3n) is 2.36. The SMILES string of the molecule is CCCc1nc2nc(C)c([N+](=O)[O-])c(=O)n2[nH]1. The van der Waals surface area contributed by atoms with E-state index in [9.17, 15) is 14.9 Å². The zero-order valence-corrected chi connectivity index (χ0v) is 9.43. The van der Waals surface area contributed by atoms with Crippen molar-refractivity contribution >= 4 is 11.5 Å². The van der Waals surface area contributed by atoms with Crippen LogP contribution in [0.3, 0.4) is 0 Å². The molecule has 0 aliphatic carbocycles. The number of rotatable bonds is 3. The molecule has 8 nitrogen and oxygen atoms in total. The Morgan fingerprint density at radius 1 is 1.47 bits per heavy atom. The summed E-state index contributed by atoms with van der Waals surface area (Å²) in [6, 6.07) is 0. The molecule has 2 rings (SSSR count). The molecule has 0 atom stereocenters. The standard InChI is InChI=1S/C9H11N5O3/c1-3-4-6-11-9-10-5(2)7(14(16)17)8(15)13(9)12-6/h3-4H2,1-2H3,(H,10,11,12). The lowest BCUT2D eigenvalue weighted by atomic mass is 10.3. The maximum atomic E-state index is 11.8. The van der Waals surface area contributed by atoms with E-state index in [-0.39, 0.29) is 11.5 Å². The molecule has 0 amide bonds. The monoisotopic (exact) mass is 237 g/mol. The minimum absolute atomic E-state index is 0.0783. The Bertz CT molecular complexity index is 642. The number of H-pyrrole nitrogens is 1. The summed E-state index contributed by atoms with van der Waals surface area (Å²) in [5, 5.41) is 13.5. The lowest BCUT2D eigenvalue weighted by molar-refractivity contribution is -0.387. The van der Waals surface area contributed by atoms with Crippen molar-refractivity contribution < 1.29 is 4.92 Å². The van der Waals surface area contributed by atoms with Gasteiger partial charge in [0.05, 0.1) is 4.92 Å². The molecule has 2 heterocycles.